The molecule has 0 rings (SSSR count). The maximum Gasteiger partial charge on any atom is 2.00 e. The summed E-state index contributed by atoms with van der Waals surface area (Å²) >= 11 is 0. The maximum absolute atomic E-state index is 10.3. The number of hydrogen-bond donors (Lipinski definition) is 5. The molecule has 0 saturated heterocycles. The summed E-state index contributed by atoms with van der Waals surface area (Å²) in [7, 11) is 0. The standard InChI is InChI=1S/C6H8O7.2CH2O3.Ca.Na/c7-3(8)1-6(13,5(11)12)2-4(9)10;2*2-1(3)4;;/h13H,1-2H2,(H,7,8)(H,9,10)(H,11,12);2*(H2,2,3,4);;/q;;;+2;+1/p-3. The van der Waals surface area contributed by atoms with Crippen molar-refractivity contribution in [2.75, 3.05) is 0 Å². The Kier molecular flexibility index (Phi) is 25.7. The molecule has 0 radical (unpaired) electrons. The van der Waals surface area contributed by atoms with Crippen molar-refractivity contribution in [2.45, 2.75) is 18.4 Å². The summed E-state index contributed by atoms with van der Waals surface area (Å²) in [6, 6.07) is 0. The van der Waals surface area contributed by atoms with E-state index in [1.807, 2.05) is 0 Å². The second-order valence-corrected chi connectivity index (χ2v) is 2.99. The number of aliphatic carboxylic acids is 3. The van der Waals surface area contributed by atoms with E-state index in [1.54, 1.807) is 0 Å². The largest absolute Gasteiger partial charge is 2.00 e. The zero-order valence-electron chi connectivity index (χ0n) is 11.6. The molecule has 0 bridgehead atoms. The Morgan fingerprint density at radius 1 is 0.783 bits per heavy atom. The molecular weight excluding hydrogens is 367 g/mol. The normalized spacial score (nSPS) is 8.22. The van der Waals surface area contributed by atoms with Crippen molar-refractivity contribution in [1.29, 1.82) is 0 Å². The maximum atomic E-state index is 10.3. The molecule has 0 aromatic carbocycles. The Bertz CT molecular complexity index is 373. The van der Waals surface area contributed by atoms with Crippen LogP contribution in [0, 0.1) is 0 Å². The molecule has 13 nitrogen and oxygen atoms in total. The third-order valence-corrected chi connectivity index (χ3v) is 1.29. The van der Waals surface area contributed by atoms with Crippen LogP contribution < -0.4 is 44.9 Å². The van der Waals surface area contributed by atoms with Gasteiger partial charge in [-0.1, -0.05) is 0 Å². The Hall–Kier alpha value is -0.830. The van der Waals surface area contributed by atoms with Crippen molar-refractivity contribution in [1.82, 2.24) is 0 Å². The van der Waals surface area contributed by atoms with E-state index < -0.39 is 48.7 Å². The molecule has 23 heavy (non-hydrogen) atoms. The molecule has 0 saturated carbocycles. The van der Waals surface area contributed by atoms with Gasteiger partial charge in [0.2, 0.25) is 6.16 Å². The predicted octanol–water partition coefficient (Wildman–Crippen LogP) is -8.18. The minimum Gasteiger partial charge on any atom is -0.652 e. The number of rotatable bonds is 5. The van der Waals surface area contributed by atoms with Crippen molar-refractivity contribution >= 4 is 68.0 Å². The van der Waals surface area contributed by atoms with Crippen molar-refractivity contribution in [3.8, 4) is 0 Å². The van der Waals surface area contributed by atoms with Crippen LogP contribution in [0.2, 0.25) is 0 Å². The van der Waals surface area contributed by atoms with Gasteiger partial charge in [-0.15, -0.1) is 0 Å². The van der Waals surface area contributed by atoms with Gasteiger partial charge in [0, 0.05) is 0 Å². The fourth-order valence-electron chi connectivity index (χ4n) is 0.714. The Balaban J connectivity index is -0.0000000909. The molecule has 0 spiro atoms. The van der Waals surface area contributed by atoms with Crippen LogP contribution in [0.3, 0.4) is 0 Å². The van der Waals surface area contributed by atoms with E-state index in [1.165, 1.54) is 0 Å². The number of aliphatic hydroxyl groups is 1. The summed E-state index contributed by atoms with van der Waals surface area (Å²) < 4.78 is 0. The van der Waals surface area contributed by atoms with Crippen LogP contribution in [0.25, 0.3) is 0 Å². The van der Waals surface area contributed by atoms with Gasteiger partial charge in [-0.3, -0.25) is 9.59 Å². The van der Waals surface area contributed by atoms with E-state index in [2.05, 4.69) is 0 Å². The monoisotopic (exact) mass is 376 g/mol. The van der Waals surface area contributed by atoms with Gasteiger partial charge >= 0.3 is 85.2 Å². The van der Waals surface area contributed by atoms with Gasteiger partial charge in [0.1, 0.15) is 0 Å². The van der Waals surface area contributed by atoms with Crippen LogP contribution in [-0.4, -0.2) is 99.1 Å². The molecule has 0 fully saturated rings. The molecule has 5 N–H and O–H groups in total. The van der Waals surface area contributed by atoms with Crippen LogP contribution >= 0.6 is 0 Å². The molecule has 0 unspecified atom stereocenters. The van der Waals surface area contributed by atoms with Crippen molar-refractivity contribution in [3.63, 3.8) is 0 Å². The Morgan fingerprint density at radius 3 is 1.04 bits per heavy atom. The van der Waals surface area contributed by atoms with Gasteiger partial charge < -0.3 is 50.4 Å². The molecule has 0 atom stereocenters. The molecule has 122 valence electrons. The first-order valence-electron chi connectivity index (χ1n) is 4.42. The van der Waals surface area contributed by atoms with Crippen LogP contribution in [0.1, 0.15) is 12.8 Å². The van der Waals surface area contributed by atoms with Crippen LogP contribution in [0.5, 0.6) is 0 Å². The van der Waals surface area contributed by atoms with E-state index in [-0.39, 0.29) is 67.3 Å². The van der Waals surface area contributed by atoms with Crippen LogP contribution in [-0.2, 0) is 14.4 Å². The SMILES string of the molecule is O=C(O)CC(O)(CC(=O)O)C(=O)O.O=C([O-])O.O=C([O-])[O-].[Ca+2].[Na+]. The number of hydrogen-bond acceptors (Lipinski definition) is 9. The molecule has 0 aliphatic heterocycles. The first-order valence-corrected chi connectivity index (χ1v) is 4.42. The summed E-state index contributed by atoms with van der Waals surface area (Å²) in [6.45, 7) is 0. The molecule has 0 aromatic heterocycles. The molecule has 0 heterocycles. The van der Waals surface area contributed by atoms with Crippen molar-refractivity contribution < 1.29 is 94.4 Å². The minimum absolute atomic E-state index is 0. The van der Waals surface area contributed by atoms with E-state index in [9.17, 15) is 14.4 Å². The fourth-order valence-corrected chi connectivity index (χ4v) is 0.714. The van der Waals surface area contributed by atoms with Crippen molar-refractivity contribution in [2.24, 2.45) is 0 Å². The van der Waals surface area contributed by atoms with Crippen LogP contribution in [0.4, 0.5) is 9.59 Å². The van der Waals surface area contributed by atoms with E-state index in [0.717, 1.165) is 0 Å². The van der Waals surface area contributed by atoms with Gasteiger partial charge in [-0.2, -0.15) is 0 Å². The van der Waals surface area contributed by atoms with Gasteiger partial charge in [0.15, 0.2) is 5.60 Å². The van der Waals surface area contributed by atoms with Gasteiger partial charge in [0.05, 0.1) is 12.8 Å². The van der Waals surface area contributed by atoms with Gasteiger partial charge in [-0.25, -0.2) is 4.79 Å². The topological polar surface area (TPSA) is 256 Å². The molecule has 0 aromatic rings. The quantitative estimate of drug-likeness (QED) is 0.280. The second-order valence-electron chi connectivity index (χ2n) is 2.99. The third kappa shape index (κ3) is 33.8. The Morgan fingerprint density at radius 2 is 0.957 bits per heavy atom. The smallest absolute Gasteiger partial charge is 0.652 e. The summed E-state index contributed by atoms with van der Waals surface area (Å²) in [4.78, 5) is 47.3. The summed E-state index contributed by atoms with van der Waals surface area (Å²) in [5.41, 5.74) is -2.74. The average molecular weight is 376 g/mol. The molecule has 15 heteroatoms. The van der Waals surface area contributed by atoms with E-state index in [0.29, 0.717) is 0 Å². The number of carboxylic acids is 3. The van der Waals surface area contributed by atoms with Gasteiger partial charge in [0.25, 0.3) is 0 Å². The number of carboxylic acid groups (broad SMARTS) is 7. The second kappa shape index (κ2) is 17.5. The Labute approximate surface area is 179 Å². The minimum atomic E-state index is -2.74. The summed E-state index contributed by atoms with van der Waals surface area (Å²) in [5.74, 6) is -5.02. The zero-order chi connectivity index (χ0) is 17.8. The first kappa shape index (κ1) is 33.7. The summed E-state index contributed by atoms with van der Waals surface area (Å²) in [6.07, 6.45) is -6.71. The molecule has 0 amide bonds. The number of carbonyl (C=O) groups is 5. The zero-order valence-corrected chi connectivity index (χ0v) is 15.8. The first-order chi connectivity index (χ1) is 9.24. The molecular formula is C8H9CaNaO13. The van der Waals surface area contributed by atoms with Gasteiger partial charge in [-0.05, 0) is 6.16 Å². The predicted molar refractivity (Wildman–Crippen MR) is 56.3 cm³/mol. The third-order valence-electron chi connectivity index (χ3n) is 1.29. The fraction of sp³-hybridized carbons (Fsp3) is 0.375. The van der Waals surface area contributed by atoms with E-state index in [4.69, 9.17) is 50.4 Å². The van der Waals surface area contributed by atoms with Crippen LogP contribution in [0.15, 0.2) is 0 Å². The average Bonchev–Trinajstić information content (AvgIpc) is 2.11. The summed E-state index contributed by atoms with van der Waals surface area (Å²) in [5, 5.41) is 65.8. The van der Waals surface area contributed by atoms with E-state index >= 15 is 0 Å². The van der Waals surface area contributed by atoms with Crippen molar-refractivity contribution in [3.05, 3.63) is 0 Å². The number of carbonyl (C=O) groups excluding carboxylic acids is 1. The molecule has 0 aliphatic rings. The molecule has 0 aliphatic carbocycles.